The summed E-state index contributed by atoms with van der Waals surface area (Å²) in [6.07, 6.45) is 4.08. The zero-order valence-electron chi connectivity index (χ0n) is 13.9. The van der Waals surface area contributed by atoms with E-state index < -0.39 is 0 Å². The Morgan fingerprint density at radius 3 is 3.04 bits per heavy atom. The molecule has 0 bridgehead atoms. The Hall–Kier alpha value is -2.05. The number of rotatable bonds is 4. The topological polar surface area (TPSA) is 54.2 Å². The molecule has 0 saturated carbocycles. The average Bonchev–Trinajstić information content (AvgIpc) is 3.02. The van der Waals surface area contributed by atoms with E-state index in [9.17, 15) is 0 Å². The van der Waals surface area contributed by atoms with Crippen LogP contribution < -0.4 is 16.1 Å². The zero-order chi connectivity index (χ0) is 17.2. The van der Waals surface area contributed by atoms with Crippen molar-refractivity contribution in [2.75, 3.05) is 25.0 Å². The van der Waals surface area contributed by atoms with E-state index in [1.54, 1.807) is 10.7 Å². The summed E-state index contributed by atoms with van der Waals surface area (Å²) in [4.78, 5) is 4.66. The zero-order valence-corrected chi connectivity index (χ0v) is 14.6. The van der Waals surface area contributed by atoms with Gasteiger partial charge in [0.2, 0.25) is 0 Å². The molecule has 3 heterocycles. The van der Waals surface area contributed by atoms with Gasteiger partial charge in [-0.15, -0.1) is 0 Å². The van der Waals surface area contributed by atoms with Gasteiger partial charge in [0.1, 0.15) is 13.7 Å². The number of piperidine rings is 1. The summed E-state index contributed by atoms with van der Waals surface area (Å²) in [5.74, 6) is 1.48. The van der Waals surface area contributed by atoms with Crippen LogP contribution in [0.1, 0.15) is 12.8 Å². The van der Waals surface area contributed by atoms with Crippen LogP contribution in [-0.4, -0.2) is 42.1 Å². The third-order valence-electron chi connectivity index (χ3n) is 4.62. The molecule has 2 radical (unpaired) electrons. The minimum Gasteiger partial charge on any atom is -0.370 e. The largest absolute Gasteiger partial charge is 0.370 e. The molecular weight excluding hydrogens is 332 g/mol. The molecule has 1 saturated heterocycles. The Bertz CT molecular complexity index is 888. The lowest BCUT2D eigenvalue weighted by Crippen LogP contribution is -2.33. The molecule has 2 N–H and O–H groups in total. The van der Waals surface area contributed by atoms with E-state index >= 15 is 0 Å². The predicted molar refractivity (Wildman–Crippen MR) is 103 cm³/mol. The second-order valence-electron chi connectivity index (χ2n) is 6.44. The van der Waals surface area contributed by atoms with Gasteiger partial charge >= 0.3 is 0 Å². The van der Waals surface area contributed by atoms with E-state index in [0.717, 1.165) is 36.7 Å². The summed E-state index contributed by atoms with van der Waals surface area (Å²) in [6.45, 7) is 3.04. The van der Waals surface area contributed by atoms with E-state index in [1.165, 1.54) is 12.8 Å². The van der Waals surface area contributed by atoms with Crippen molar-refractivity contribution in [3.63, 3.8) is 0 Å². The summed E-state index contributed by atoms with van der Waals surface area (Å²) in [5.41, 5.74) is 2.86. The van der Waals surface area contributed by atoms with Gasteiger partial charge in [-0.05, 0) is 43.4 Å². The van der Waals surface area contributed by atoms with Gasteiger partial charge in [0.15, 0.2) is 5.65 Å². The first-order chi connectivity index (χ1) is 12.2. The Kier molecular flexibility index (Phi) is 4.64. The number of hydrogen-bond acceptors (Lipinski definition) is 4. The number of aromatic nitrogens is 3. The number of nitrogens with zero attached hydrogens (tertiary/aromatic N) is 3. The lowest BCUT2D eigenvalue weighted by Gasteiger charge is -2.23. The van der Waals surface area contributed by atoms with Gasteiger partial charge in [0.05, 0.1) is 5.69 Å². The summed E-state index contributed by atoms with van der Waals surface area (Å²) >= 11 is 6.35. The van der Waals surface area contributed by atoms with Gasteiger partial charge < -0.3 is 10.6 Å². The maximum absolute atomic E-state index is 6.35. The summed E-state index contributed by atoms with van der Waals surface area (Å²) in [6, 6.07) is 9.67. The molecule has 5 nitrogen and oxygen atoms in total. The molecule has 1 fully saturated rings. The molecule has 25 heavy (non-hydrogen) atoms. The molecule has 3 aromatic rings. The van der Waals surface area contributed by atoms with E-state index in [0.29, 0.717) is 22.1 Å². The Morgan fingerprint density at radius 1 is 1.36 bits per heavy atom. The number of halogens is 1. The van der Waals surface area contributed by atoms with Gasteiger partial charge in [-0.3, -0.25) is 0 Å². The first-order valence-corrected chi connectivity index (χ1v) is 8.94. The Morgan fingerprint density at radius 2 is 2.24 bits per heavy atom. The number of hydrogen-bond donors (Lipinski definition) is 2. The van der Waals surface area contributed by atoms with Crippen molar-refractivity contribution >= 4 is 36.4 Å². The third kappa shape index (κ3) is 3.37. The lowest BCUT2D eigenvalue weighted by molar-refractivity contribution is 0.392. The van der Waals surface area contributed by atoms with Crippen LogP contribution in [0.15, 0.2) is 36.5 Å². The minimum absolute atomic E-state index is 0.552. The van der Waals surface area contributed by atoms with Gasteiger partial charge in [-0.2, -0.15) is 9.61 Å². The highest BCUT2D eigenvalue weighted by molar-refractivity contribution is 6.36. The summed E-state index contributed by atoms with van der Waals surface area (Å²) < 4.78 is 1.76. The van der Waals surface area contributed by atoms with Crippen LogP contribution in [0.4, 0.5) is 5.82 Å². The highest BCUT2D eigenvalue weighted by atomic mass is 35.5. The molecule has 0 spiro atoms. The fourth-order valence-electron chi connectivity index (χ4n) is 3.26. The second-order valence-corrected chi connectivity index (χ2v) is 6.84. The van der Waals surface area contributed by atoms with Gasteiger partial charge in [0, 0.05) is 29.4 Å². The van der Waals surface area contributed by atoms with Crippen molar-refractivity contribution in [1.29, 1.82) is 0 Å². The van der Waals surface area contributed by atoms with Gasteiger partial charge in [-0.1, -0.05) is 29.8 Å². The molecule has 1 atom stereocenters. The normalized spacial score (nSPS) is 17.7. The quantitative estimate of drug-likeness (QED) is 0.708. The Labute approximate surface area is 153 Å². The molecule has 0 aliphatic carbocycles. The second kappa shape index (κ2) is 7.06. The van der Waals surface area contributed by atoms with Crippen molar-refractivity contribution in [3.8, 4) is 11.3 Å². The predicted octanol–water partition coefficient (Wildman–Crippen LogP) is 2.25. The number of nitrogens with one attached hydrogen (secondary N) is 2. The van der Waals surface area contributed by atoms with Crippen molar-refractivity contribution in [1.82, 2.24) is 19.9 Å². The molecule has 0 amide bonds. The molecule has 2 aromatic heterocycles. The van der Waals surface area contributed by atoms with Crippen molar-refractivity contribution in [2.45, 2.75) is 12.8 Å². The van der Waals surface area contributed by atoms with Crippen LogP contribution >= 0.6 is 11.6 Å². The van der Waals surface area contributed by atoms with E-state index in [1.807, 2.05) is 30.3 Å². The molecule has 4 rings (SSSR count). The fraction of sp³-hybridized carbons (Fsp3) is 0.333. The molecule has 1 unspecified atom stereocenters. The number of anilines is 1. The smallest absolute Gasteiger partial charge is 0.150 e. The number of benzene rings is 1. The maximum Gasteiger partial charge on any atom is 0.150 e. The molecule has 126 valence electrons. The fourth-order valence-corrected chi connectivity index (χ4v) is 3.49. The molecule has 1 aromatic carbocycles. The first kappa shape index (κ1) is 16.4. The molecule has 1 aliphatic heterocycles. The van der Waals surface area contributed by atoms with Crippen molar-refractivity contribution in [2.24, 2.45) is 5.92 Å². The molecule has 1 aliphatic rings. The Balaban J connectivity index is 1.70. The van der Waals surface area contributed by atoms with Crippen LogP contribution in [0, 0.1) is 5.92 Å². The molecule has 7 heteroatoms. The van der Waals surface area contributed by atoms with Crippen LogP contribution in [0.5, 0.6) is 0 Å². The highest BCUT2D eigenvalue weighted by Gasteiger charge is 2.15. The number of fused-ring (bicyclic) bond motifs is 1. The van der Waals surface area contributed by atoms with Crippen LogP contribution in [0.3, 0.4) is 0 Å². The van der Waals surface area contributed by atoms with Crippen molar-refractivity contribution < 1.29 is 0 Å². The summed E-state index contributed by atoms with van der Waals surface area (Å²) in [5, 5.41) is 12.0. The minimum atomic E-state index is 0.552. The summed E-state index contributed by atoms with van der Waals surface area (Å²) in [7, 11) is 6.05. The third-order valence-corrected chi connectivity index (χ3v) is 4.95. The van der Waals surface area contributed by atoms with Gasteiger partial charge in [-0.25, -0.2) is 4.98 Å². The average molecular weight is 352 g/mol. The van der Waals surface area contributed by atoms with Crippen LogP contribution in [-0.2, 0) is 0 Å². The van der Waals surface area contributed by atoms with Crippen LogP contribution in [0.2, 0.25) is 5.02 Å². The first-order valence-electron chi connectivity index (χ1n) is 8.56. The SMILES string of the molecule is [B]c1cnn2c(NCC3CCCNC3)cc(-c3ccccc3Cl)nc12. The van der Waals surface area contributed by atoms with Crippen molar-refractivity contribution in [3.05, 3.63) is 41.6 Å². The van der Waals surface area contributed by atoms with E-state index in [4.69, 9.17) is 19.4 Å². The standard InChI is InChI=1S/C18H19BClN5/c19-14-11-23-25-17(22-10-12-4-3-7-21-9-12)8-16(24-18(14)25)13-5-1-2-6-15(13)20/h1-2,5-6,8,11-12,21-22H,3-4,7,9-10H2. The molecular formula is C18H19BClN5. The van der Waals surface area contributed by atoms with Gasteiger partial charge in [0.25, 0.3) is 0 Å². The van der Waals surface area contributed by atoms with E-state index in [-0.39, 0.29) is 0 Å². The monoisotopic (exact) mass is 351 g/mol. The lowest BCUT2D eigenvalue weighted by atomic mass is 9.99. The van der Waals surface area contributed by atoms with Crippen LogP contribution in [0.25, 0.3) is 16.9 Å². The maximum atomic E-state index is 6.35. The van der Waals surface area contributed by atoms with E-state index in [2.05, 4.69) is 20.7 Å². The highest BCUT2D eigenvalue weighted by Crippen LogP contribution is 2.28.